The van der Waals surface area contributed by atoms with Gasteiger partial charge in [-0.15, -0.1) is 0 Å². The Kier molecular flexibility index (Phi) is 7.45. The SMILES string of the molecule is C[N+](C)(CCC(F)C(F)(F)C(F)(F)C(F)(F)C(F)(F)C(F)(F)C(F)(F)F)CC(=O)O. The Labute approximate surface area is 158 Å². The van der Waals surface area contributed by atoms with E-state index in [-0.39, 0.29) is 0 Å². The van der Waals surface area contributed by atoms with Crippen molar-refractivity contribution in [2.45, 2.75) is 48.4 Å². The molecule has 0 aliphatic rings. The molecule has 0 aromatic rings. The molecule has 180 valence electrons. The van der Waals surface area contributed by atoms with Gasteiger partial charge in [-0.1, -0.05) is 0 Å². The van der Waals surface area contributed by atoms with Crippen LogP contribution in [0.5, 0.6) is 0 Å². The summed E-state index contributed by atoms with van der Waals surface area (Å²) in [4.78, 5) is 10.5. The lowest BCUT2D eigenvalue weighted by Gasteiger charge is -2.40. The van der Waals surface area contributed by atoms with Crippen molar-refractivity contribution < 1.29 is 75.8 Å². The molecule has 1 N–H and O–H groups in total. The summed E-state index contributed by atoms with van der Waals surface area (Å²) >= 11 is 0. The van der Waals surface area contributed by atoms with Gasteiger partial charge in [-0.2, -0.15) is 57.1 Å². The molecule has 0 heterocycles. The van der Waals surface area contributed by atoms with Crippen molar-refractivity contribution in [1.29, 1.82) is 0 Å². The van der Waals surface area contributed by atoms with Crippen molar-refractivity contribution in [2.24, 2.45) is 0 Å². The second kappa shape index (κ2) is 7.85. The van der Waals surface area contributed by atoms with Crippen LogP contribution in [0.25, 0.3) is 0 Å². The number of hydrogen-bond acceptors (Lipinski definition) is 1. The van der Waals surface area contributed by atoms with Crippen molar-refractivity contribution in [3.05, 3.63) is 0 Å². The maximum atomic E-state index is 13.6. The third-order valence-corrected chi connectivity index (χ3v) is 3.90. The molecule has 0 saturated heterocycles. The fraction of sp³-hybridized carbons (Fsp3) is 0.923. The number of carboxylic acid groups (broad SMARTS) is 1. The van der Waals surface area contributed by atoms with E-state index in [1.165, 1.54) is 0 Å². The summed E-state index contributed by atoms with van der Waals surface area (Å²) in [6.07, 6.45) is -13.8. The van der Waals surface area contributed by atoms with Crippen LogP contribution in [0.15, 0.2) is 0 Å². The third-order valence-electron chi connectivity index (χ3n) is 3.90. The molecule has 0 spiro atoms. The van der Waals surface area contributed by atoms with Gasteiger partial charge in [-0.3, -0.25) is 0 Å². The predicted octanol–water partition coefficient (Wildman–Crippen LogP) is 4.61. The molecule has 30 heavy (non-hydrogen) atoms. The average Bonchev–Trinajstić information content (AvgIpc) is 2.49. The summed E-state index contributed by atoms with van der Waals surface area (Å²) in [5, 5.41) is 8.52. The Hall–Kier alpha value is -1.55. The maximum Gasteiger partial charge on any atom is 0.460 e. The lowest BCUT2D eigenvalue weighted by Crippen LogP contribution is -2.71. The highest BCUT2D eigenvalue weighted by atomic mass is 19.4. The molecule has 0 saturated carbocycles. The van der Waals surface area contributed by atoms with E-state index in [1.807, 2.05) is 0 Å². The van der Waals surface area contributed by atoms with Gasteiger partial charge in [-0.05, 0) is 0 Å². The molecule has 17 heteroatoms. The monoisotopic (exact) mass is 482 g/mol. The van der Waals surface area contributed by atoms with Crippen molar-refractivity contribution in [3.63, 3.8) is 0 Å². The number of aliphatic carboxylic acids is 1. The molecule has 0 aromatic heterocycles. The first-order valence-electron chi connectivity index (χ1n) is 7.43. The van der Waals surface area contributed by atoms with Gasteiger partial charge in [0.2, 0.25) is 0 Å². The highest BCUT2D eigenvalue weighted by molar-refractivity contribution is 5.67. The van der Waals surface area contributed by atoms with Gasteiger partial charge in [0.15, 0.2) is 12.7 Å². The van der Waals surface area contributed by atoms with Crippen molar-refractivity contribution >= 4 is 5.97 Å². The van der Waals surface area contributed by atoms with Gasteiger partial charge in [0.05, 0.1) is 20.6 Å². The number of carbonyl (C=O) groups is 1. The van der Waals surface area contributed by atoms with Gasteiger partial charge in [0.1, 0.15) is 0 Å². The lowest BCUT2D eigenvalue weighted by atomic mass is 9.91. The first-order chi connectivity index (χ1) is 12.8. The summed E-state index contributed by atoms with van der Waals surface area (Å²) in [5.74, 6) is -40.2. The van der Waals surface area contributed by atoms with E-state index < -0.39 is 71.9 Å². The Balaban J connectivity index is 5.98. The van der Waals surface area contributed by atoms with Crippen LogP contribution < -0.4 is 0 Å². The molecule has 3 nitrogen and oxygen atoms in total. The van der Waals surface area contributed by atoms with Crippen LogP contribution in [0.2, 0.25) is 0 Å². The molecule has 0 aliphatic carbocycles. The number of likely N-dealkylation sites (N-methyl/N-ethyl adjacent to an activating group) is 1. The average molecular weight is 482 g/mol. The van der Waals surface area contributed by atoms with E-state index in [4.69, 9.17) is 5.11 Å². The summed E-state index contributed by atoms with van der Waals surface area (Å²) in [6, 6.07) is 0. The molecular formula is C13H14F14NO2+. The molecule has 0 rings (SSSR count). The zero-order valence-electron chi connectivity index (χ0n) is 14.8. The van der Waals surface area contributed by atoms with Gasteiger partial charge in [0, 0.05) is 6.42 Å². The first-order valence-corrected chi connectivity index (χ1v) is 7.43. The maximum absolute atomic E-state index is 13.6. The van der Waals surface area contributed by atoms with Gasteiger partial charge in [0.25, 0.3) is 0 Å². The standard InChI is InChI=1S/C13H13F14NO2/c1-28(2,5-7(29)30)4-3-6(14)8(15,16)9(17,18)10(19,20)11(21,22)12(23,24)13(25,26)27/h6H,3-5H2,1-2H3/p+1. The van der Waals surface area contributed by atoms with E-state index in [0.717, 1.165) is 14.1 Å². The number of alkyl halides is 14. The Morgan fingerprint density at radius 3 is 1.47 bits per heavy atom. The zero-order valence-corrected chi connectivity index (χ0v) is 14.8. The molecule has 0 bridgehead atoms. The molecule has 1 atom stereocenters. The number of nitrogens with zero attached hydrogens (tertiary/aromatic N) is 1. The fourth-order valence-corrected chi connectivity index (χ4v) is 2.07. The van der Waals surface area contributed by atoms with E-state index in [0.29, 0.717) is 0 Å². The van der Waals surface area contributed by atoms with E-state index in [9.17, 15) is 66.3 Å². The Morgan fingerprint density at radius 2 is 1.13 bits per heavy atom. The lowest BCUT2D eigenvalue weighted by molar-refractivity contribution is -0.883. The second-order valence-corrected chi connectivity index (χ2v) is 6.89. The Bertz CT molecular complexity index is 628. The van der Waals surface area contributed by atoms with Crippen LogP contribution in [0.3, 0.4) is 0 Å². The topological polar surface area (TPSA) is 37.3 Å². The number of carboxylic acids is 1. The normalized spacial score (nSPS) is 16.5. The van der Waals surface area contributed by atoms with Crippen molar-refractivity contribution in [1.82, 2.24) is 0 Å². The minimum atomic E-state index is -8.09. The number of halogens is 14. The second-order valence-electron chi connectivity index (χ2n) is 6.89. The van der Waals surface area contributed by atoms with Crippen LogP contribution in [0, 0.1) is 0 Å². The minimum Gasteiger partial charge on any atom is -0.477 e. The van der Waals surface area contributed by atoms with Crippen molar-refractivity contribution in [2.75, 3.05) is 27.2 Å². The molecule has 0 aliphatic heterocycles. The fourth-order valence-electron chi connectivity index (χ4n) is 2.07. The molecule has 0 radical (unpaired) electrons. The first kappa shape index (κ1) is 28.5. The zero-order chi connectivity index (χ0) is 24.8. The van der Waals surface area contributed by atoms with Gasteiger partial charge >= 0.3 is 41.8 Å². The highest BCUT2D eigenvalue weighted by Crippen LogP contribution is 2.61. The molecule has 0 amide bonds. The van der Waals surface area contributed by atoms with Crippen molar-refractivity contribution in [3.8, 4) is 0 Å². The third kappa shape index (κ3) is 4.69. The smallest absolute Gasteiger partial charge is 0.460 e. The summed E-state index contributed by atoms with van der Waals surface area (Å²) in [7, 11) is 1.87. The molecule has 0 aromatic carbocycles. The molecule has 1 unspecified atom stereocenters. The summed E-state index contributed by atoms with van der Waals surface area (Å²) in [6.45, 7) is -1.99. The minimum absolute atomic E-state index is 0.893. The Morgan fingerprint density at radius 1 is 0.767 bits per heavy atom. The number of hydrogen-bond donors (Lipinski definition) is 1. The molecule has 0 fully saturated rings. The van der Waals surface area contributed by atoms with Crippen LogP contribution in [-0.4, -0.2) is 84.7 Å². The van der Waals surface area contributed by atoms with Crippen LogP contribution >= 0.6 is 0 Å². The summed E-state index contributed by atoms with van der Waals surface area (Å²) in [5.41, 5.74) is 0. The van der Waals surface area contributed by atoms with E-state index >= 15 is 0 Å². The quantitative estimate of drug-likeness (QED) is 0.365. The van der Waals surface area contributed by atoms with Crippen LogP contribution in [-0.2, 0) is 4.79 Å². The largest absolute Gasteiger partial charge is 0.477 e. The predicted molar refractivity (Wildman–Crippen MR) is 69.8 cm³/mol. The van der Waals surface area contributed by atoms with Gasteiger partial charge < -0.3 is 9.59 Å². The summed E-state index contributed by atoms with van der Waals surface area (Å²) < 4.78 is 181. The van der Waals surface area contributed by atoms with E-state index in [2.05, 4.69) is 0 Å². The number of quaternary nitrogens is 1. The highest BCUT2D eigenvalue weighted by Gasteiger charge is 2.91. The van der Waals surface area contributed by atoms with Gasteiger partial charge in [-0.25, -0.2) is 9.18 Å². The van der Waals surface area contributed by atoms with E-state index in [1.54, 1.807) is 0 Å². The van der Waals surface area contributed by atoms with Crippen LogP contribution in [0.1, 0.15) is 6.42 Å². The number of rotatable bonds is 10. The molecular weight excluding hydrogens is 468 g/mol. The van der Waals surface area contributed by atoms with Crippen LogP contribution in [0.4, 0.5) is 61.5 Å².